The SMILES string of the molecule is CCNC(C)C1CNCCN1C(C)NCC. The molecule has 16 heavy (non-hydrogen) atoms. The lowest BCUT2D eigenvalue weighted by Crippen LogP contribution is -2.63. The fourth-order valence-electron chi connectivity index (χ4n) is 2.56. The first-order valence-corrected chi connectivity index (χ1v) is 6.63. The van der Waals surface area contributed by atoms with E-state index in [1.54, 1.807) is 0 Å². The smallest absolute Gasteiger partial charge is 0.0572 e. The summed E-state index contributed by atoms with van der Waals surface area (Å²) in [6, 6.07) is 1.13. The van der Waals surface area contributed by atoms with E-state index in [1.807, 2.05) is 0 Å². The minimum absolute atomic E-state index is 0.471. The highest BCUT2D eigenvalue weighted by atomic mass is 15.3. The van der Waals surface area contributed by atoms with Gasteiger partial charge in [-0.2, -0.15) is 0 Å². The summed E-state index contributed by atoms with van der Waals surface area (Å²) >= 11 is 0. The van der Waals surface area contributed by atoms with Gasteiger partial charge < -0.3 is 16.0 Å². The number of rotatable bonds is 6. The quantitative estimate of drug-likeness (QED) is 0.608. The summed E-state index contributed by atoms with van der Waals surface area (Å²) in [5.41, 5.74) is 0. The molecule has 3 unspecified atom stereocenters. The van der Waals surface area contributed by atoms with Gasteiger partial charge in [-0.1, -0.05) is 13.8 Å². The third kappa shape index (κ3) is 3.70. The summed E-state index contributed by atoms with van der Waals surface area (Å²) < 4.78 is 0. The van der Waals surface area contributed by atoms with E-state index in [-0.39, 0.29) is 0 Å². The fraction of sp³-hybridized carbons (Fsp3) is 1.00. The van der Waals surface area contributed by atoms with Gasteiger partial charge in [-0.25, -0.2) is 0 Å². The van der Waals surface area contributed by atoms with Crippen LogP contribution in [0.4, 0.5) is 0 Å². The number of likely N-dealkylation sites (N-methyl/N-ethyl adjacent to an activating group) is 1. The van der Waals surface area contributed by atoms with E-state index < -0.39 is 0 Å². The van der Waals surface area contributed by atoms with Crippen LogP contribution in [-0.4, -0.2) is 55.9 Å². The van der Waals surface area contributed by atoms with Crippen LogP contribution < -0.4 is 16.0 Å². The number of hydrogen-bond acceptors (Lipinski definition) is 4. The number of nitrogens with zero attached hydrogens (tertiary/aromatic N) is 1. The second-order valence-corrected chi connectivity index (χ2v) is 4.59. The highest BCUT2D eigenvalue weighted by Crippen LogP contribution is 2.10. The molecule has 3 atom stereocenters. The van der Waals surface area contributed by atoms with Crippen molar-refractivity contribution in [3.63, 3.8) is 0 Å². The zero-order valence-electron chi connectivity index (χ0n) is 11.2. The summed E-state index contributed by atoms with van der Waals surface area (Å²) in [7, 11) is 0. The number of hydrogen-bond donors (Lipinski definition) is 3. The van der Waals surface area contributed by atoms with Crippen LogP contribution in [0.1, 0.15) is 27.7 Å². The van der Waals surface area contributed by atoms with Crippen molar-refractivity contribution in [2.75, 3.05) is 32.7 Å². The Balaban J connectivity index is 2.55. The fourth-order valence-corrected chi connectivity index (χ4v) is 2.56. The van der Waals surface area contributed by atoms with Crippen LogP contribution in [0.15, 0.2) is 0 Å². The molecule has 1 fully saturated rings. The maximum atomic E-state index is 3.53. The predicted octanol–water partition coefficient (Wildman–Crippen LogP) is 0.214. The van der Waals surface area contributed by atoms with Gasteiger partial charge in [-0.3, -0.25) is 4.90 Å². The monoisotopic (exact) mass is 228 g/mol. The molecule has 0 bridgehead atoms. The topological polar surface area (TPSA) is 39.3 Å². The first-order chi connectivity index (χ1) is 7.70. The van der Waals surface area contributed by atoms with Gasteiger partial charge in [0.2, 0.25) is 0 Å². The molecule has 0 amide bonds. The molecule has 4 heteroatoms. The van der Waals surface area contributed by atoms with Crippen molar-refractivity contribution in [1.29, 1.82) is 0 Å². The van der Waals surface area contributed by atoms with Gasteiger partial charge in [-0.05, 0) is 26.9 Å². The number of piperazine rings is 1. The molecule has 96 valence electrons. The Kier molecular flexibility index (Phi) is 6.28. The van der Waals surface area contributed by atoms with Crippen LogP contribution in [0.5, 0.6) is 0 Å². The van der Waals surface area contributed by atoms with Crippen molar-refractivity contribution < 1.29 is 0 Å². The average Bonchev–Trinajstić information content (AvgIpc) is 2.30. The van der Waals surface area contributed by atoms with Gasteiger partial charge in [0.15, 0.2) is 0 Å². The van der Waals surface area contributed by atoms with E-state index >= 15 is 0 Å². The summed E-state index contributed by atoms with van der Waals surface area (Å²) in [4.78, 5) is 2.58. The lowest BCUT2D eigenvalue weighted by Gasteiger charge is -2.43. The summed E-state index contributed by atoms with van der Waals surface area (Å²) in [6.45, 7) is 14.3. The molecule has 0 spiro atoms. The van der Waals surface area contributed by atoms with Crippen LogP contribution >= 0.6 is 0 Å². The molecule has 3 N–H and O–H groups in total. The lowest BCUT2D eigenvalue weighted by atomic mass is 10.1. The van der Waals surface area contributed by atoms with E-state index in [4.69, 9.17) is 0 Å². The van der Waals surface area contributed by atoms with Crippen LogP contribution in [0.25, 0.3) is 0 Å². The standard InChI is InChI=1S/C12H28N4/c1-5-14-10(3)12-9-13-7-8-16(12)11(4)15-6-2/h10-15H,5-9H2,1-4H3. The maximum absolute atomic E-state index is 3.53. The van der Waals surface area contributed by atoms with Crippen LogP contribution in [0.3, 0.4) is 0 Å². The molecule has 4 nitrogen and oxygen atoms in total. The van der Waals surface area contributed by atoms with E-state index in [1.165, 1.54) is 0 Å². The zero-order valence-corrected chi connectivity index (χ0v) is 11.2. The minimum atomic E-state index is 0.471. The highest BCUT2D eigenvalue weighted by Gasteiger charge is 2.29. The Labute approximate surface area is 100 Å². The van der Waals surface area contributed by atoms with Crippen molar-refractivity contribution in [2.45, 2.75) is 45.9 Å². The third-order valence-corrected chi connectivity index (χ3v) is 3.43. The minimum Gasteiger partial charge on any atom is -0.314 e. The van der Waals surface area contributed by atoms with Crippen molar-refractivity contribution in [2.24, 2.45) is 0 Å². The first-order valence-electron chi connectivity index (χ1n) is 6.63. The van der Waals surface area contributed by atoms with Crippen LogP contribution in [0, 0.1) is 0 Å². The van der Waals surface area contributed by atoms with Crippen molar-refractivity contribution in [3.05, 3.63) is 0 Å². The van der Waals surface area contributed by atoms with Gasteiger partial charge in [0.05, 0.1) is 6.17 Å². The van der Waals surface area contributed by atoms with Crippen LogP contribution in [-0.2, 0) is 0 Å². The van der Waals surface area contributed by atoms with Crippen molar-refractivity contribution >= 4 is 0 Å². The van der Waals surface area contributed by atoms with Crippen molar-refractivity contribution in [3.8, 4) is 0 Å². The van der Waals surface area contributed by atoms with E-state index in [2.05, 4.69) is 48.5 Å². The molecule has 1 rings (SSSR count). The molecule has 1 heterocycles. The largest absolute Gasteiger partial charge is 0.314 e. The Bertz CT molecular complexity index is 166. The lowest BCUT2D eigenvalue weighted by molar-refractivity contribution is 0.0763. The second kappa shape index (κ2) is 7.22. The van der Waals surface area contributed by atoms with Gasteiger partial charge in [0.25, 0.3) is 0 Å². The van der Waals surface area contributed by atoms with E-state index in [0.29, 0.717) is 18.2 Å². The molecule has 0 aromatic carbocycles. The molecule has 0 aromatic rings. The second-order valence-electron chi connectivity index (χ2n) is 4.59. The van der Waals surface area contributed by atoms with Gasteiger partial charge >= 0.3 is 0 Å². The van der Waals surface area contributed by atoms with E-state index in [0.717, 1.165) is 32.7 Å². The summed E-state index contributed by atoms with van der Waals surface area (Å²) in [5.74, 6) is 0. The Morgan fingerprint density at radius 2 is 1.94 bits per heavy atom. The molecule has 1 saturated heterocycles. The highest BCUT2D eigenvalue weighted by molar-refractivity contribution is 4.89. The Hall–Kier alpha value is -0.160. The Morgan fingerprint density at radius 3 is 2.56 bits per heavy atom. The molecule has 0 saturated carbocycles. The molecule has 0 aliphatic carbocycles. The first kappa shape index (κ1) is 13.9. The normalized spacial score (nSPS) is 26.6. The molecule has 1 aliphatic heterocycles. The van der Waals surface area contributed by atoms with E-state index in [9.17, 15) is 0 Å². The molecule has 0 radical (unpaired) electrons. The van der Waals surface area contributed by atoms with Crippen LogP contribution in [0.2, 0.25) is 0 Å². The average molecular weight is 228 g/mol. The predicted molar refractivity (Wildman–Crippen MR) is 69.6 cm³/mol. The molecular weight excluding hydrogens is 200 g/mol. The zero-order chi connectivity index (χ0) is 12.0. The van der Waals surface area contributed by atoms with Gasteiger partial charge in [0, 0.05) is 31.7 Å². The molecule has 1 aliphatic rings. The number of nitrogens with one attached hydrogen (secondary N) is 3. The van der Waals surface area contributed by atoms with Crippen molar-refractivity contribution in [1.82, 2.24) is 20.9 Å². The molecule has 0 aromatic heterocycles. The summed E-state index contributed by atoms with van der Waals surface area (Å²) in [5, 5.41) is 10.5. The maximum Gasteiger partial charge on any atom is 0.0572 e. The third-order valence-electron chi connectivity index (χ3n) is 3.43. The summed E-state index contributed by atoms with van der Waals surface area (Å²) in [6.07, 6.45) is 0.471. The molecular formula is C12H28N4. The van der Waals surface area contributed by atoms with Gasteiger partial charge in [0.1, 0.15) is 0 Å². The Morgan fingerprint density at radius 1 is 1.25 bits per heavy atom. The van der Waals surface area contributed by atoms with Gasteiger partial charge in [-0.15, -0.1) is 0 Å².